The number of benzene rings is 2. The Balaban J connectivity index is 1.96. The van der Waals surface area contributed by atoms with Gasteiger partial charge < -0.3 is 19.3 Å². The SMILES string of the molecule is Cc1ccc(S(=O)(=O)N[C@@H](Cc2ccc(OC(=O)N(C)CCN(C)C)c(C(=O)[C@H]3NC(C)CS3)c2)C(=O)OC(C)(C)C)cc1. The van der Waals surface area contributed by atoms with Crippen molar-refractivity contribution in [3.8, 4) is 5.75 Å². The summed E-state index contributed by atoms with van der Waals surface area (Å²) in [4.78, 5) is 43.2. The van der Waals surface area contributed by atoms with Gasteiger partial charge >= 0.3 is 12.1 Å². The average Bonchev–Trinajstić information content (AvgIpc) is 3.37. The van der Waals surface area contributed by atoms with Gasteiger partial charge in [0.25, 0.3) is 0 Å². The minimum atomic E-state index is -4.10. The number of Topliss-reactive ketones (excluding diaryl/α,β-unsaturated/α-hetero) is 1. The summed E-state index contributed by atoms with van der Waals surface area (Å²) < 4.78 is 40.3. The molecule has 0 aromatic heterocycles. The molecule has 13 heteroatoms. The molecule has 2 N–H and O–H groups in total. The van der Waals surface area contributed by atoms with Crippen LogP contribution in [0.15, 0.2) is 47.4 Å². The van der Waals surface area contributed by atoms with Crippen LogP contribution in [0.25, 0.3) is 0 Å². The zero-order valence-corrected chi connectivity index (χ0v) is 28.3. The number of esters is 1. The quantitative estimate of drug-likeness (QED) is 0.260. The van der Waals surface area contributed by atoms with E-state index in [-0.39, 0.29) is 34.5 Å². The summed E-state index contributed by atoms with van der Waals surface area (Å²) >= 11 is 1.45. The van der Waals surface area contributed by atoms with E-state index in [1.54, 1.807) is 52.1 Å². The number of amides is 1. The van der Waals surface area contributed by atoms with Crippen molar-refractivity contribution >= 4 is 39.6 Å². The van der Waals surface area contributed by atoms with E-state index in [4.69, 9.17) is 9.47 Å². The molecule has 0 aliphatic carbocycles. The Bertz CT molecular complexity index is 1440. The van der Waals surface area contributed by atoms with Crippen molar-refractivity contribution < 1.29 is 32.3 Å². The predicted octanol–water partition coefficient (Wildman–Crippen LogP) is 3.45. The van der Waals surface area contributed by atoms with Gasteiger partial charge in [0.2, 0.25) is 10.0 Å². The molecule has 0 saturated carbocycles. The van der Waals surface area contributed by atoms with E-state index in [9.17, 15) is 22.8 Å². The van der Waals surface area contributed by atoms with Crippen LogP contribution in [0.3, 0.4) is 0 Å². The molecule has 1 aliphatic rings. The Hall–Kier alpha value is -2.97. The molecule has 1 amide bonds. The van der Waals surface area contributed by atoms with E-state index in [0.717, 1.165) is 11.3 Å². The fourth-order valence-electron chi connectivity index (χ4n) is 4.24. The van der Waals surface area contributed by atoms with E-state index in [2.05, 4.69) is 10.0 Å². The van der Waals surface area contributed by atoms with E-state index in [0.29, 0.717) is 18.7 Å². The van der Waals surface area contributed by atoms with Crippen LogP contribution in [-0.2, 0) is 26.0 Å². The number of thioether (sulfide) groups is 1. The van der Waals surface area contributed by atoms with Crippen LogP contribution in [0, 0.1) is 6.92 Å². The van der Waals surface area contributed by atoms with Crippen LogP contribution in [-0.4, -0.2) is 99.1 Å². The van der Waals surface area contributed by atoms with E-state index in [1.807, 2.05) is 32.8 Å². The molecule has 1 unspecified atom stereocenters. The molecule has 0 spiro atoms. The molecule has 242 valence electrons. The van der Waals surface area contributed by atoms with Crippen LogP contribution >= 0.6 is 11.8 Å². The Labute approximate surface area is 265 Å². The number of nitrogens with zero attached hydrogens (tertiary/aromatic N) is 2. The molecule has 1 saturated heterocycles. The number of carbonyl (C=O) groups excluding carboxylic acids is 3. The Morgan fingerprint density at radius 3 is 2.30 bits per heavy atom. The monoisotopic (exact) mass is 648 g/mol. The van der Waals surface area contributed by atoms with Crippen LogP contribution < -0.4 is 14.8 Å². The third-order valence-electron chi connectivity index (χ3n) is 6.65. The first-order valence-corrected chi connectivity index (χ1v) is 16.9. The number of aryl methyl sites for hydroxylation is 1. The molecule has 1 aliphatic heterocycles. The Morgan fingerprint density at radius 2 is 1.73 bits per heavy atom. The smallest absolute Gasteiger partial charge is 0.415 e. The van der Waals surface area contributed by atoms with Gasteiger partial charge in [-0.05, 0) is 85.0 Å². The highest BCUT2D eigenvalue weighted by Gasteiger charge is 2.33. The normalized spacial score (nSPS) is 17.8. The van der Waals surface area contributed by atoms with Crippen molar-refractivity contribution in [1.82, 2.24) is 19.8 Å². The van der Waals surface area contributed by atoms with Gasteiger partial charge in [0.1, 0.15) is 22.8 Å². The van der Waals surface area contributed by atoms with Crippen molar-refractivity contribution in [2.45, 2.75) is 69.0 Å². The summed E-state index contributed by atoms with van der Waals surface area (Å²) in [5, 5.41) is 2.69. The maximum atomic E-state index is 13.7. The number of hydrogen-bond donors (Lipinski definition) is 2. The molecule has 44 heavy (non-hydrogen) atoms. The number of ketones is 1. The highest BCUT2D eigenvalue weighted by atomic mass is 32.2. The van der Waals surface area contributed by atoms with E-state index < -0.39 is 39.1 Å². The maximum absolute atomic E-state index is 13.7. The van der Waals surface area contributed by atoms with Gasteiger partial charge in [-0.3, -0.25) is 14.9 Å². The summed E-state index contributed by atoms with van der Waals surface area (Å²) in [7, 11) is 1.31. The topological polar surface area (TPSA) is 134 Å². The summed E-state index contributed by atoms with van der Waals surface area (Å²) in [5.74, 6) is -0.230. The molecule has 1 fully saturated rings. The first-order chi connectivity index (χ1) is 20.4. The highest BCUT2D eigenvalue weighted by Crippen LogP contribution is 2.29. The fourth-order valence-corrected chi connectivity index (χ4v) is 6.61. The fraction of sp³-hybridized carbons (Fsp3) is 0.516. The molecule has 2 aromatic rings. The molecule has 2 aromatic carbocycles. The zero-order valence-electron chi connectivity index (χ0n) is 26.7. The molecule has 3 rings (SSSR count). The molecule has 1 heterocycles. The zero-order chi connectivity index (χ0) is 32.8. The minimum Gasteiger partial charge on any atom is -0.459 e. The summed E-state index contributed by atoms with van der Waals surface area (Å²) in [6.45, 7) is 9.94. The summed E-state index contributed by atoms with van der Waals surface area (Å²) in [6, 6.07) is 9.75. The van der Waals surface area contributed by atoms with Gasteiger partial charge in [-0.1, -0.05) is 23.8 Å². The lowest BCUT2D eigenvalue weighted by Crippen LogP contribution is -2.45. The third-order valence-corrected chi connectivity index (χ3v) is 9.51. The lowest BCUT2D eigenvalue weighted by atomic mass is 10.0. The maximum Gasteiger partial charge on any atom is 0.415 e. The second-order valence-corrected chi connectivity index (χ2v) is 15.1. The third kappa shape index (κ3) is 10.3. The van der Waals surface area contributed by atoms with Crippen molar-refractivity contribution in [3.63, 3.8) is 0 Å². The Kier molecular flexibility index (Phi) is 12.0. The first kappa shape index (κ1) is 35.5. The van der Waals surface area contributed by atoms with Crippen molar-refractivity contribution in [1.29, 1.82) is 0 Å². The van der Waals surface area contributed by atoms with Gasteiger partial charge in [0, 0.05) is 31.9 Å². The number of sulfonamides is 1. The van der Waals surface area contributed by atoms with Crippen molar-refractivity contribution in [2.75, 3.05) is 40.0 Å². The van der Waals surface area contributed by atoms with Crippen LogP contribution in [0.1, 0.15) is 49.2 Å². The van der Waals surface area contributed by atoms with Crippen LogP contribution in [0.4, 0.5) is 4.79 Å². The van der Waals surface area contributed by atoms with Gasteiger partial charge in [0.15, 0.2) is 5.78 Å². The summed E-state index contributed by atoms with van der Waals surface area (Å²) in [5.41, 5.74) is 0.650. The number of rotatable bonds is 12. The predicted molar refractivity (Wildman–Crippen MR) is 172 cm³/mol. The minimum absolute atomic E-state index is 0.00613. The molecule has 3 atom stereocenters. The van der Waals surface area contributed by atoms with E-state index >= 15 is 0 Å². The highest BCUT2D eigenvalue weighted by molar-refractivity contribution is 8.00. The standard InChI is InChI=1S/C31H44N4O7S2/c1-20-9-12-23(13-10-20)44(39,40)33-25(29(37)42-31(3,4)5)18-22-11-14-26(41-30(38)35(8)16-15-34(6)7)24(17-22)27(36)28-32-21(2)19-43-28/h9-14,17,21,25,28,32-33H,15-16,18-19H2,1-8H3/t21?,25-,28-/m0/s1. The number of ether oxygens (including phenoxy) is 2. The largest absolute Gasteiger partial charge is 0.459 e. The molecule has 11 nitrogen and oxygen atoms in total. The molecular weight excluding hydrogens is 604 g/mol. The number of carbonyl (C=O) groups is 3. The van der Waals surface area contributed by atoms with E-state index in [1.165, 1.54) is 34.9 Å². The second-order valence-electron chi connectivity index (χ2n) is 12.3. The van der Waals surface area contributed by atoms with Gasteiger partial charge in [-0.15, -0.1) is 11.8 Å². The lowest BCUT2D eigenvalue weighted by Gasteiger charge is -2.25. The van der Waals surface area contributed by atoms with Crippen LogP contribution in [0.2, 0.25) is 0 Å². The average molecular weight is 649 g/mol. The molecular formula is C31H44N4O7S2. The van der Waals surface area contributed by atoms with Gasteiger partial charge in [0.05, 0.1) is 10.5 Å². The number of hydrogen-bond acceptors (Lipinski definition) is 10. The van der Waals surface area contributed by atoms with Gasteiger partial charge in [-0.2, -0.15) is 4.72 Å². The molecule has 0 radical (unpaired) electrons. The van der Waals surface area contributed by atoms with Crippen molar-refractivity contribution in [3.05, 3.63) is 59.2 Å². The molecule has 0 bridgehead atoms. The van der Waals surface area contributed by atoms with Gasteiger partial charge in [-0.25, -0.2) is 13.2 Å². The van der Waals surface area contributed by atoms with Crippen LogP contribution in [0.5, 0.6) is 5.75 Å². The van der Waals surface area contributed by atoms with Crippen molar-refractivity contribution in [2.24, 2.45) is 0 Å². The number of nitrogens with one attached hydrogen (secondary N) is 2. The Morgan fingerprint density at radius 1 is 1.07 bits per heavy atom. The lowest BCUT2D eigenvalue weighted by molar-refractivity contribution is -0.156. The first-order valence-electron chi connectivity index (χ1n) is 14.4. The second kappa shape index (κ2) is 14.9. The summed E-state index contributed by atoms with van der Waals surface area (Å²) in [6.07, 6.45) is -0.731. The number of likely N-dealkylation sites (N-methyl/N-ethyl adjacent to an activating group) is 2.